The molecule has 2 aliphatic carbocycles. The fraction of sp³-hybridized carbons (Fsp3) is 0.750. The second-order valence-corrected chi connectivity index (χ2v) is 8.80. The average molecular weight is 345 g/mol. The standard InChI is InChI=1S/C24H37F/c1-2-3-4-5-7-19-10-12-20(13-11-19)21-14-16-22(17-15-21)23-8-6-9-24(25)18-23/h6,8-9,18-22H,2-5,7,10-17H2,1H3. The van der Waals surface area contributed by atoms with Crippen molar-refractivity contribution >= 4 is 0 Å². The highest BCUT2D eigenvalue weighted by atomic mass is 19.1. The first kappa shape index (κ1) is 18.9. The lowest BCUT2D eigenvalue weighted by molar-refractivity contribution is 0.155. The number of hydrogen-bond acceptors (Lipinski definition) is 0. The molecule has 0 heterocycles. The van der Waals surface area contributed by atoms with Crippen LogP contribution in [0.15, 0.2) is 24.3 Å². The third kappa shape index (κ3) is 5.56. The van der Waals surface area contributed by atoms with Crippen molar-refractivity contribution in [2.24, 2.45) is 17.8 Å². The summed E-state index contributed by atoms with van der Waals surface area (Å²) in [5.41, 5.74) is 1.23. The van der Waals surface area contributed by atoms with E-state index in [1.807, 2.05) is 6.07 Å². The minimum Gasteiger partial charge on any atom is -0.207 e. The molecular formula is C24H37F. The van der Waals surface area contributed by atoms with E-state index in [0.717, 1.165) is 17.8 Å². The highest BCUT2D eigenvalue weighted by Gasteiger charge is 2.31. The predicted octanol–water partition coefficient (Wildman–Crippen LogP) is 7.88. The van der Waals surface area contributed by atoms with E-state index in [1.165, 1.54) is 89.0 Å². The van der Waals surface area contributed by atoms with E-state index in [9.17, 15) is 4.39 Å². The van der Waals surface area contributed by atoms with Gasteiger partial charge in [-0.2, -0.15) is 0 Å². The van der Waals surface area contributed by atoms with Crippen LogP contribution in [0.25, 0.3) is 0 Å². The van der Waals surface area contributed by atoms with Crippen LogP contribution in [0.5, 0.6) is 0 Å². The van der Waals surface area contributed by atoms with Crippen LogP contribution in [-0.2, 0) is 0 Å². The van der Waals surface area contributed by atoms with E-state index >= 15 is 0 Å². The van der Waals surface area contributed by atoms with Gasteiger partial charge in [0.1, 0.15) is 5.82 Å². The van der Waals surface area contributed by atoms with Gasteiger partial charge in [-0.15, -0.1) is 0 Å². The largest absolute Gasteiger partial charge is 0.207 e. The Bertz CT molecular complexity index is 493. The van der Waals surface area contributed by atoms with Crippen molar-refractivity contribution in [1.82, 2.24) is 0 Å². The van der Waals surface area contributed by atoms with E-state index in [2.05, 4.69) is 13.0 Å². The van der Waals surface area contributed by atoms with Crippen LogP contribution in [0.2, 0.25) is 0 Å². The summed E-state index contributed by atoms with van der Waals surface area (Å²) in [7, 11) is 0. The molecule has 0 amide bonds. The molecule has 0 aromatic heterocycles. The smallest absolute Gasteiger partial charge is 0.123 e. The molecule has 0 atom stereocenters. The van der Waals surface area contributed by atoms with Crippen LogP contribution < -0.4 is 0 Å². The molecule has 0 saturated heterocycles. The molecule has 2 saturated carbocycles. The van der Waals surface area contributed by atoms with Crippen molar-refractivity contribution in [3.05, 3.63) is 35.6 Å². The summed E-state index contributed by atoms with van der Waals surface area (Å²) in [5.74, 6) is 3.49. The second-order valence-electron chi connectivity index (χ2n) is 8.80. The third-order valence-electron chi connectivity index (χ3n) is 7.12. The maximum atomic E-state index is 13.5. The maximum absolute atomic E-state index is 13.5. The summed E-state index contributed by atoms with van der Waals surface area (Å²) in [6, 6.07) is 7.32. The Balaban J connectivity index is 1.38. The Kier molecular flexibility index (Phi) is 7.37. The molecule has 1 heteroatoms. The Labute approximate surface area is 154 Å². The van der Waals surface area contributed by atoms with Crippen LogP contribution in [0.3, 0.4) is 0 Å². The zero-order chi connectivity index (χ0) is 17.5. The molecule has 3 rings (SSSR count). The fourth-order valence-electron chi connectivity index (χ4n) is 5.49. The molecule has 2 fully saturated rings. The minimum atomic E-state index is -0.0723. The van der Waals surface area contributed by atoms with Crippen molar-refractivity contribution in [2.45, 2.75) is 96.3 Å². The Morgan fingerprint density at radius 2 is 1.52 bits per heavy atom. The van der Waals surface area contributed by atoms with Gasteiger partial charge in [0.15, 0.2) is 0 Å². The number of hydrogen-bond donors (Lipinski definition) is 0. The van der Waals surface area contributed by atoms with E-state index < -0.39 is 0 Å². The first-order chi connectivity index (χ1) is 12.3. The molecule has 0 aliphatic heterocycles. The minimum absolute atomic E-state index is 0.0723. The average Bonchev–Trinajstić information content (AvgIpc) is 2.66. The number of halogens is 1. The van der Waals surface area contributed by atoms with Crippen molar-refractivity contribution in [1.29, 1.82) is 0 Å². The predicted molar refractivity (Wildman–Crippen MR) is 105 cm³/mol. The van der Waals surface area contributed by atoms with Crippen LogP contribution in [0, 0.1) is 23.6 Å². The summed E-state index contributed by atoms with van der Waals surface area (Å²) in [6.07, 6.45) is 18.4. The highest BCUT2D eigenvalue weighted by Crippen LogP contribution is 2.44. The van der Waals surface area contributed by atoms with Crippen molar-refractivity contribution < 1.29 is 4.39 Å². The third-order valence-corrected chi connectivity index (χ3v) is 7.12. The Morgan fingerprint density at radius 3 is 2.16 bits per heavy atom. The number of unbranched alkanes of at least 4 members (excludes halogenated alkanes) is 3. The molecule has 0 spiro atoms. The first-order valence-electron chi connectivity index (χ1n) is 11.0. The van der Waals surface area contributed by atoms with Crippen LogP contribution >= 0.6 is 0 Å². The van der Waals surface area contributed by atoms with Gasteiger partial charge in [0.2, 0.25) is 0 Å². The van der Waals surface area contributed by atoms with E-state index in [1.54, 1.807) is 12.1 Å². The van der Waals surface area contributed by atoms with Gasteiger partial charge < -0.3 is 0 Å². The van der Waals surface area contributed by atoms with Gasteiger partial charge in [-0.1, -0.05) is 64.0 Å². The zero-order valence-electron chi connectivity index (χ0n) is 16.2. The molecular weight excluding hydrogens is 307 g/mol. The van der Waals surface area contributed by atoms with Crippen LogP contribution in [0.1, 0.15) is 102 Å². The van der Waals surface area contributed by atoms with Gasteiger partial charge in [0, 0.05) is 0 Å². The first-order valence-corrected chi connectivity index (χ1v) is 11.0. The lowest BCUT2D eigenvalue weighted by Crippen LogP contribution is -2.25. The van der Waals surface area contributed by atoms with E-state index in [4.69, 9.17) is 0 Å². The number of rotatable bonds is 7. The quantitative estimate of drug-likeness (QED) is 0.441. The summed E-state index contributed by atoms with van der Waals surface area (Å²) in [6.45, 7) is 2.30. The SMILES string of the molecule is CCCCCCC1CCC(C2CCC(c3cccc(F)c3)CC2)CC1. The molecule has 2 aliphatic rings. The van der Waals surface area contributed by atoms with Gasteiger partial charge in [-0.3, -0.25) is 0 Å². The molecule has 0 bridgehead atoms. The van der Waals surface area contributed by atoms with Crippen molar-refractivity contribution in [2.75, 3.05) is 0 Å². The van der Waals surface area contributed by atoms with Crippen LogP contribution in [0.4, 0.5) is 4.39 Å². The summed E-state index contributed by atoms with van der Waals surface area (Å²) < 4.78 is 13.5. The molecule has 1 aromatic rings. The molecule has 140 valence electrons. The van der Waals surface area contributed by atoms with Gasteiger partial charge in [-0.05, 0) is 79.9 Å². The highest BCUT2D eigenvalue weighted by molar-refractivity contribution is 5.21. The maximum Gasteiger partial charge on any atom is 0.123 e. The monoisotopic (exact) mass is 344 g/mol. The van der Waals surface area contributed by atoms with Gasteiger partial charge in [0.05, 0.1) is 0 Å². The normalized spacial score (nSPS) is 30.3. The molecule has 0 radical (unpaired) electrons. The number of benzene rings is 1. The van der Waals surface area contributed by atoms with E-state index in [-0.39, 0.29) is 5.82 Å². The topological polar surface area (TPSA) is 0 Å². The van der Waals surface area contributed by atoms with Gasteiger partial charge in [-0.25, -0.2) is 4.39 Å². The lowest BCUT2D eigenvalue weighted by atomic mass is 9.68. The van der Waals surface area contributed by atoms with E-state index in [0.29, 0.717) is 5.92 Å². The Morgan fingerprint density at radius 1 is 0.840 bits per heavy atom. The molecule has 1 aromatic carbocycles. The lowest BCUT2D eigenvalue weighted by Gasteiger charge is -2.38. The molecule has 0 unspecified atom stereocenters. The zero-order valence-corrected chi connectivity index (χ0v) is 16.2. The summed E-state index contributed by atoms with van der Waals surface area (Å²) in [4.78, 5) is 0. The summed E-state index contributed by atoms with van der Waals surface area (Å²) in [5, 5.41) is 0. The van der Waals surface area contributed by atoms with Crippen molar-refractivity contribution in [3.8, 4) is 0 Å². The summed E-state index contributed by atoms with van der Waals surface area (Å²) >= 11 is 0. The molecule has 0 nitrogen and oxygen atoms in total. The molecule has 25 heavy (non-hydrogen) atoms. The van der Waals surface area contributed by atoms with Crippen molar-refractivity contribution in [3.63, 3.8) is 0 Å². The fourth-order valence-corrected chi connectivity index (χ4v) is 5.49. The van der Waals surface area contributed by atoms with Gasteiger partial charge >= 0.3 is 0 Å². The van der Waals surface area contributed by atoms with Gasteiger partial charge in [0.25, 0.3) is 0 Å². The second kappa shape index (κ2) is 9.74. The van der Waals surface area contributed by atoms with Crippen LogP contribution in [-0.4, -0.2) is 0 Å². The Hall–Kier alpha value is -0.850. The molecule has 0 N–H and O–H groups in total.